The van der Waals surface area contributed by atoms with Crippen LogP contribution in [0.3, 0.4) is 0 Å². The van der Waals surface area contributed by atoms with Gasteiger partial charge in [-0.05, 0) is 67.1 Å². The van der Waals surface area contributed by atoms with Crippen molar-refractivity contribution < 1.29 is 27.9 Å². The number of ether oxygens (including phenoxy) is 1. The van der Waals surface area contributed by atoms with Gasteiger partial charge in [0.25, 0.3) is 0 Å². The molecule has 2 aromatic carbocycles. The van der Waals surface area contributed by atoms with Gasteiger partial charge in [-0.1, -0.05) is 39.3 Å². The number of piperazine rings is 1. The number of halogens is 1. The first kappa shape index (κ1) is 33.6. The second kappa shape index (κ2) is 14.1. The first-order chi connectivity index (χ1) is 19.4. The van der Waals surface area contributed by atoms with Crippen molar-refractivity contribution in [2.24, 2.45) is 5.92 Å². The molecule has 0 aliphatic carbocycles. The van der Waals surface area contributed by atoms with Gasteiger partial charge in [-0.2, -0.15) is 0 Å². The molecule has 10 nitrogen and oxygen atoms in total. The van der Waals surface area contributed by atoms with Crippen molar-refractivity contribution in [3.63, 3.8) is 0 Å². The van der Waals surface area contributed by atoms with Crippen LogP contribution in [-0.2, 0) is 26.2 Å². The van der Waals surface area contributed by atoms with E-state index >= 15 is 0 Å². The molecule has 2 aromatic rings. The molecule has 2 aliphatic heterocycles. The van der Waals surface area contributed by atoms with Crippen LogP contribution in [0.25, 0.3) is 0 Å². The van der Waals surface area contributed by atoms with E-state index in [1.165, 1.54) is 0 Å². The smallest absolute Gasteiger partial charge is 0.248 e. The van der Waals surface area contributed by atoms with E-state index in [0.29, 0.717) is 56.2 Å². The zero-order chi connectivity index (χ0) is 29.8. The summed E-state index contributed by atoms with van der Waals surface area (Å²) in [5.41, 5.74) is 0.697. The second-order valence-electron chi connectivity index (χ2n) is 11.5. The number of hydrogen-bond acceptors (Lipinski definition) is 7. The van der Waals surface area contributed by atoms with Crippen molar-refractivity contribution in [3.8, 4) is 11.5 Å². The largest absolute Gasteiger partial charge is 0.457 e. The lowest BCUT2D eigenvalue weighted by atomic mass is 9.80. The quantitative estimate of drug-likeness (QED) is 0.348. The van der Waals surface area contributed by atoms with Crippen LogP contribution >= 0.6 is 12.4 Å². The Balaban J connectivity index is 0.00000484. The maximum Gasteiger partial charge on any atom is 0.248 e. The lowest BCUT2D eigenvalue weighted by Crippen LogP contribution is -2.74. The molecule has 3 N–H and O–H groups in total. The number of rotatable bonds is 11. The number of carbonyl (C=O) groups excluding carboxylic acids is 2. The predicted octanol–water partition coefficient (Wildman–Crippen LogP) is 3.75. The standard InChI is InChI=1S/C30H42N4O6S.ClH/c1-5-6-17-34-28(36)26(27(35)21(2)3)31-29(37)30(34)15-18-33(19-16-30)20-22-7-11-24(12-8-22)40-25-13-9-23(10-14-25)32-41(4,38)39;/h7-14,21,26-27,32,35H,5-6,15-20H2,1-4H3,(H,31,37);1H/t26-,27-;/m1./s1. The van der Waals surface area contributed by atoms with Crippen molar-refractivity contribution in [1.82, 2.24) is 15.1 Å². The molecule has 12 heteroatoms. The number of sulfonamides is 1. The van der Waals surface area contributed by atoms with Gasteiger partial charge >= 0.3 is 0 Å². The Bertz CT molecular complexity index is 1310. The molecule has 2 fully saturated rings. The van der Waals surface area contributed by atoms with Crippen LogP contribution in [0.1, 0.15) is 52.0 Å². The minimum absolute atomic E-state index is 0. The molecule has 0 bridgehead atoms. The number of carbonyl (C=O) groups is 2. The Morgan fingerprint density at radius 2 is 1.62 bits per heavy atom. The number of piperidine rings is 1. The molecule has 1 spiro atoms. The number of unbranched alkanes of at least 4 members (excludes halogenated alkanes) is 1. The SMILES string of the molecule is CCCCN1C(=O)[C@@H]([C@H](O)C(C)C)NC(=O)C12CCN(Cc1ccc(Oc3ccc(NS(C)(=O)=O)cc3)cc1)CC2.Cl. The minimum atomic E-state index is -3.34. The third-order valence-electron chi connectivity index (χ3n) is 7.92. The van der Waals surface area contributed by atoms with Crippen LogP contribution in [0.2, 0.25) is 0 Å². The van der Waals surface area contributed by atoms with E-state index in [0.717, 1.165) is 24.7 Å². The van der Waals surface area contributed by atoms with E-state index in [-0.39, 0.29) is 30.1 Å². The first-order valence-corrected chi connectivity index (χ1v) is 16.2. The Morgan fingerprint density at radius 1 is 1.05 bits per heavy atom. The fraction of sp³-hybridized carbons (Fsp3) is 0.533. The highest BCUT2D eigenvalue weighted by Gasteiger charge is 2.54. The summed E-state index contributed by atoms with van der Waals surface area (Å²) in [6, 6.07) is 13.6. The van der Waals surface area contributed by atoms with Gasteiger partial charge in [0, 0.05) is 31.9 Å². The van der Waals surface area contributed by atoms with Crippen LogP contribution in [0.5, 0.6) is 11.5 Å². The number of aliphatic hydroxyl groups is 1. The summed E-state index contributed by atoms with van der Waals surface area (Å²) in [5.74, 6) is 0.782. The molecule has 0 unspecified atom stereocenters. The lowest BCUT2D eigenvalue weighted by molar-refractivity contribution is -0.165. The molecule has 2 saturated heterocycles. The molecule has 42 heavy (non-hydrogen) atoms. The fourth-order valence-corrected chi connectivity index (χ4v) is 6.10. The van der Waals surface area contributed by atoms with Gasteiger partial charge in [0.1, 0.15) is 23.1 Å². The molecule has 0 saturated carbocycles. The zero-order valence-electron chi connectivity index (χ0n) is 24.7. The van der Waals surface area contributed by atoms with Crippen molar-refractivity contribution in [2.75, 3.05) is 30.6 Å². The van der Waals surface area contributed by atoms with Crippen molar-refractivity contribution in [3.05, 3.63) is 54.1 Å². The number of nitrogens with zero attached hydrogens (tertiary/aromatic N) is 2. The van der Waals surface area contributed by atoms with Crippen LogP contribution in [0, 0.1) is 5.92 Å². The number of amides is 2. The third-order valence-corrected chi connectivity index (χ3v) is 8.53. The van der Waals surface area contributed by atoms with Crippen molar-refractivity contribution in [1.29, 1.82) is 0 Å². The van der Waals surface area contributed by atoms with Gasteiger partial charge < -0.3 is 20.1 Å². The van der Waals surface area contributed by atoms with Crippen LogP contribution in [0.15, 0.2) is 48.5 Å². The summed E-state index contributed by atoms with van der Waals surface area (Å²) in [7, 11) is -3.34. The van der Waals surface area contributed by atoms with E-state index in [1.54, 1.807) is 29.2 Å². The topological polar surface area (TPSA) is 128 Å². The molecule has 4 rings (SSSR count). The molecule has 2 heterocycles. The minimum Gasteiger partial charge on any atom is -0.457 e. The summed E-state index contributed by atoms with van der Waals surface area (Å²) < 4.78 is 31.1. The average molecular weight is 623 g/mol. The Kier molecular flexibility index (Phi) is 11.3. The number of nitrogens with one attached hydrogen (secondary N) is 2. The van der Waals surface area contributed by atoms with E-state index in [2.05, 4.69) is 21.9 Å². The summed E-state index contributed by atoms with van der Waals surface area (Å²) in [6.45, 7) is 8.33. The molecular weight excluding hydrogens is 580 g/mol. The van der Waals surface area contributed by atoms with E-state index in [4.69, 9.17) is 4.74 Å². The average Bonchev–Trinajstić information content (AvgIpc) is 2.93. The van der Waals surface area contributed by atoms with Gasteiger partial charge in [0.2, 0.25) is 21.8 Å². The highest BCUT2D eigenvalue weighted by molar-refractivity contribution is 7.92. The Morgan fingerprint density at radius 3 is 2.14 bits per heavy atom. The van der Waals surface area contributed by atoms with Crippen molar-refractivity contribution in [2.45, 2.75) is 70.7 Å². The maximum absolute atomic E-state index is 13.5. The third kappa shape index (κ3) is 7.94. The predicted molar refractivity (Wildman–Crippen MR) is 165 cm³/mol. The van der Waals surface area contributed by atoms with Crippen LogP contribution < -0.4 is 14.8 Å². The van der Waals surface area contributed by atoms with Crippen LogP contribution in [0.4, 0.5) is 5.69 Å². The number of aliphatic hydroxyl groups excluding tert-OH is 1. The number of hydrogen-bond donors (Lipinski definition) is 3. The van der Waals surface area contributed by atoms with Crippen LogP contribution in [-0.4, -0.2) is 78.7 Å². The molecular formula is C30H43ClN4O6S. The van der Waals surface area contributed by atoms with Gasteiger partial charge in [0.15, 0.2) is 0 Å². The number of benzene rings is 2. The molecule has 0 aromatic heterocycles. The molecule has 232 valence electrons. The number of likely N-dealkylation sites (tertiary alicyclic amines) is 1. The Labute approximate surface area is 255 Å². The van der Waals surface area contributed by atoms with Gasteiger partial charge in [-0.3, -0.25) is 19.2 Å². The highest BCUT2D eigenvalue weighted by Crippen LogP contribution is 2.35. The monoisotopic (exact) mass is 622 g/mol. The molecule has 2 aliphatic rings. The van der Waals surface area contributed by atoms with E-state index in [1.807, 2.05) is 38.1 Å². The fourth-order valence-electron chi connectivity index (χ4n) is 5.54. The maximum atomic E-state index is 13.5. The van der Waals surface area contributed by atoms with Gasteiger partial charge in [0.05, 0.1) is 12.4 Å². The first-order valence-electron chi connectivity index (χ1n) is 14.3. The molecule has 2 amide bonds. The normalized spacial score (nSPS) is 19.8. The summed E-state index contributed by atoms with van der Waals surface area (Å²) in [6.07, 6.45) is 3.00. The molecule has 0 radical (unpaired) electrons. The van der Waals surface area contributed by atoms with E-state index < -0.39 is 27.7 Å². The lowest BCUT2D eigenvalue weighted by Gasteiger charge is -2.52. The van der Waals surface area contributed by atoms with Gasteiger partial charge in [-0.25, -0.2) is 8.42 Å². The molecule has 2 atom stereocenters. The Hall–Kier alpha value is -2.86. The van der Waals surface area contributed by atoms with E-state index in [9.17, 15) is 23.1 Å². The second-order valence-corrected chi connectivity index (χ2v) is 13.2. The number of anilines is 1. The summed E-state index contributed by atoms with van der Waals surface area (Å²) >= 11 is 0. The summed E-state index contributed by atoms with van der Waals surface area (Å²) in [5, 5.41) is 13.5. The zero-order valence-corrected chi connectivity index (χ0v) is 26.3. The summed E-state index contributed by atoms with van der Waals surface area (Å²) in [4.78, 5) is 31.0. The van der Waals surface area contributed by atoms with Crippen molar-refractivity contribution >= 4 is 39.9 Å². The van der Waals surface area contributed by atoms with Gasteiger partial charge in [-0.15, -0.1) is 12.4 Å². The highest BCUT2D eigenvalue weighted by atomic mass is 35.5.